The van der Waals surface area contributed by atoms with Crippen LogP contribution < -0.4 is 4.90 Å². The Bertz CT molecular complexity index is 1180. The van der Waals surface area contributed by atoms with E-state index < -0.39 is 12.1 Å². The fourth-order valence-corrected chi connectivity index (χ4v) is 4.64. The van der Waals surface area contributed by atoms with Gasteiger partial charge in [-0.3, -0.25) is 4.79 Å². The molecule has 7 nitrogen and oxygen atoms in total. The monoisotopic (exact) mass is 462 g/mol. The number of benzene rings is 2. The summed E-state index contributed by atoms with van der Waals surface area (Å²) in [6, 6.07) is 13.8. The van der Waals surface area contributed by atoms with E-state index in [9.17, 15) is 15.0 Å². The van der Waals surface area contributed by atoms with Gasteiger partial charge in [0, 0.05) is 30.6 Å². The molecule has 0 radical (unpaired) electrons. The zero-order valence-electron chi connectivity index (χ0n) is 20.4. The van der Waals surface area contributed by atoms with E-state index in [1.54, 1.807) is 4.90 Å². The molecule has 1 aromatic heterocycles. The first-order valence-corrected chi connectivity index (χ1v) is 12.0. The number of carbonyl (C=O) groups is 1. The van der Waals surface area contributed by atoms with Gasteiger partial charge in [0.05, 0.1) is 18.2 Å². The molecule has 0 bridgehead atoms. The molecule has 180 valence electrons. The van der Waals surface area contributed by atoms with Crippen molar-refractivity contribution in [2.75, 3.05) is 31.1 Å². The van der Waals surface area contributed by atoms with E-state index in [0.29, 0.717) is 31.9 Å². The third-order valence-electron chi connectivity index (χ3n) is 6.47. The lowest BCUT2D eigenvalue weighted by Crippen LogP contribution is -2.59. The number of carbonyl (C=O) groups excluding carboxylic acids is 1. The molecule has 1 saturated heterocycles. The minimum absolute atomic E-state index is 0.177. The van der Waals surface area contributed by atoms with Gasteiger partial charge in [0.25, 0.3) is 5.91 Å². The summed E-state index contributed by atoms with van der Waals surface area (Å²) in [5.74, 6) is 1.37. The summed E-state index contributed by atoms with van der Waals surface area (Å²) in [6.07, 6.45) is -0.636. The van der Waals surface area contributed by atoms with Crippen molar-refractivity contribution < 1.29 is 15.0 Å². The van der Waals surface area contributed by atoms with Crippen molar-refractivity contribution >= 4 is 22.6 Å². The molecule has 4 rings (SSSR count). The minimum atomic E-state index is -1.05. The Labute approximate surface area is 201 Å². The van der Waals surface area contributed by atoms with Crippen LogP contribution in [-0.2, 0) is 4.79 Å². The van der Waals surface area contributed by atoms with Crippen LogP contribution in [0, 0.1) is 19.8 Å². The van der Waals surface area contributed by atoms with Gasteiger partial charge in [-0.2, -0.15) is 0 Å². The molecule has 0 saturated carbocycles. The standard InChI is InChI=1S/C27H34N4O3/c1-17(2)13-24(33)27(34)31-12-11-30(15-20(31)16-32)26-22-10-9-18(3)14-23(22)28-25(29-26)21-8-6-5-7-19(21)4/h5-10,14,17,20,24,32-33H,11-13,15-16H2,1-4H3/t20-,24-/m1/s1. The fourth-order valence-electron chi connectivity index (χ4n) is 4.64. The van der Waals surface area contributed by atoms with E-state index in [1.807, 2.05) is 64.1 Å². The van der Waals surface area contributed by atoms with Gasteiger partial charge in [0.1, 0.15) is 11.9 Å². The maximum Gasteiger partial charge on any atom is 0.251 e. The quantitative estimate of drug-likeness (QED) is 0.584. The largest absolute Gasteiger partial charge is 0.394 e. The summed E-state index contributed by atoms with van der Waals surface area (Å²) in [7, 11) is 0. The summed E-state index contributed by atoms with van der Waals surface area (Å²) < 4.78 is 0. The maximum absolute atomic E-state index is 12.9. The number of piperazine rings is 1. The van der Waals surface area contributed by atoms with Gasteiger partial charge in [-0.05, 0) is 49.4 Å². The fraction of sp³-hybridized carbons (Fsp3) is 0.444. The summed E-state index contributed by atoms with van der Waals surface area (Å²) in [5.41, 5.74) is 4.07. The Morgan fingerprint density at radius 2 is 1.88 bits per heavy atom. The molecule has 34 heavy (non-hydrogen) atoms. The van der Waals surface area contributed by atoms with Crippen LogP contribution >= 0.6 is 0 Å². The second-order valence-corrected chi connectivity index (χ2v) is 9.67. The number of aliphatic hydroxyl groups is 2. The van der Waals surface area contributed by atoms with E-state index in [0.717, 1.165) is 33.4 Å². The molecule has 2 atom stereocenters. The van der Waals surface area contributed by atoms with Crippen molar-refractivity contribution in [1.82, 2.24) is 14.9 Å². The van der Waals surface area contributed by atoms with E-state index in [2.05, 4.69) is 11.0 Å². The van der Waals surface area contributed by atoms with Gasteiger partial charge < -0.3 is 20.0 Å². The molecule has 2 heterocycles. The van der Waals surface area contributed by atoms with E-state index in [1.165, 1.54) is 0 Å². The first-order chi connectivity index (χ1) is 16.3. The van der Waals surface area contributed by atoms with Crippen molar-refractivity contribution in [3.8, 4) is 11.4 Å². The average molecular weight is 463 g/mol. The van der Waals surface area contributed by atoms with Gasteiger partial charge in [0.15, 0.2) is 5.82 Å². The topological polar surface area (TPSA) is 89.8 Å². The SMILES string of the molecule is Cc1ccc2c(N3CCN(C(=O)[C@H](O)CC(C)C)[C@@H](CO)C3)nc(-c3ccccc3C)nc2c1. The number of nitrogens with zero attached hydrogens (tertiary/aromatic N) is 4. The van der Waals surface area contributed by atoms with Crippen LogP contribution in [0.15, 0.2) is 42.5 Å². The average Bonchev–Trinajstić information content (AvgIpc) is 2.82. The van der Waals surface area contributed by atoms with Crippen LogP contribution in [0.1, 0.15) is 31.4 Å². The van der Waals surface area contributed by atoms with Crippen molar-refractivity contribution in [3.63, 3.8) is 0 Å². The second-order valence-electron chi connectivity index (χ2n) is 9.67. The predicted octanol–water partition coefficient (Wildman–Crippen LogP) is 3.33. The highest BCUT2D eigenvalue weighted by atomic mass is 16.3. The zero-order chi connectivity index (χ0) is 24.4. The van der Waals surface area contributed by atoms with Gasteiger partial charge >= 0.3 is 0 Å². The summed E-state index contributed by atoms with van der Waals surface area (Å²) in [6.45, 7) is 9.28. The lowest BCUT2D eigenvalue weighted by molar-refractivity contribution is -0.144. The maximum atomic E-state index is 12.9. The summed E-state index contributed by atoms with van der Waals surface area (Å²) >= 11 is 0. The Morgan fingerprint density at radius 1 is 1.12 bits per heavy atom. The van der Waals surface area contributed by atoms with Crippen molar-refractivity contribution in [2.24, 2.45) is 5.92 Å². The van der Waals surface area contributed by atoms with E-state index in [4.69, 9.17) is 9.97 Å². The summed E-state index contributed by atoms with van der Waals surface area (Å²) in [4.78, 5) is 26.5. The molecule has 0 unspecified atom stereocenters. The van der Waals surface area contributed by atoms with Crippen LogP contribution in [-0.4, -0.2) is 69.4 Å². The molecule has 2 N–H and O–H groups in total. The number of amides is 1. The first kappa shape index (κ1) is 24.1. The highest BCUT2D eigenvalue weighted by Crippen LogP contribution is 2.31. The molecular formula is C27H34N4O3. The molecule has 0 aliphatic carbocycles. The molecule has 3 aromatic rings. The van der Waals surface area contributed by atoms with E-state index in [-0.39, 0.29) is 18.4 Å². The molecular weight excluding hydrogens is 428 g/mol. The number of aromatic nitrogens is 2. The Hall–Kier alpha value is -3.03. The molecule has 1 aliphatic heterocycles. The Morgan fingerprint density at radius 3 is 2.59 bits per heavy atom. The number of aryl methyl sites for hydroxylation is 2. The summed E-state index contributed by atoms with van der Waals surface area (Å²) in [5, 5.41) is 21.5. The molecule has 2 aromatic carbocycles. The van der Waals surface area contributed by atoms with Crippen molar-refractivity contribution in [2.45, 2.75) is 46.3 Å². The predicted molar refractivity (Wildman–Crippen MR) is 135 cm³/mol. The lowest BCUT2D eigenvalue weighted by atomic mass is 10.0. The van der Waals surface area contributed by atoms with Crippen molar-refractivity contribution in [1.29, 1.82) is 0 Å². The normalized spacial score (nSPS) is 17.4. The first-order valence-electron chi connectivity index (χ1n) is 12.0. The van der Waals surface area contributed by atoms with E-state index >= 15 is 0 Å². The Balaban J connectivity index is 1.70. The zero-order valence-corrected chi connectivity index (χ0v) is 20.4. The molecule has 1 fully saturated rings. The number of aliphatic hydroxyl groups excluding tert-OH is 2. The van der Waals surface area contributed by atoms with Crippen LogP contribution in [0.2, 0.25) is 0 Å². The third kappa shape index (κ3) is 4.91. The second kappa shape index (κ2) is 10.1. The van der Waals surface area contributed by atoms with Crippen LogP contribution in [0.5, 0.6) is 0 Å². The van der Waals surface area contributed by atoms with Gasteiger partial charge in [-0.25, -0.2) is 9.97 Å². The molecule has 1 amide bonds. The Kier molecular flexibility index (Phi) is 7.14. The third-order valence-corrected chi connectivity index (χ3v) is 6.47. The van der Waals surface area contributed by atoms with Crippen molar-refractivity contribution in [3.05, 3.63) is 53.6 Å². The highest BCUT2D eigenvalue weighted by Gasteiger charge is 2.34. The van der Waals surface area contributed by atoms with Gasteiger partial charge in [-0.1, -0.05) is 44.2 Å². The van der Waals surface area contributed by atoms with Gasteiger partial charge in [0.2, 0.25) is 0 Å². The number of fused-ring (bicyclic) bond motifs is 1. The molecule has 7 heteroatoms. The van der Waals surface area contributed by atoms with Crippen LogP contribution in [0.25, 0.3) is 22.3 Å². The van der Waals surface area contributed by atoms with Crippen LogP contribution in [0.4, 0.5) is 5.82 Å². The van der Waals surface area contributed by atoms with Crippen LogP contribution in [0.3, 0.4) is 0 Å². The number of hydrogen-bond donors (Lipinski definition) is 2. The minimum Gasteiger partial charge on any atom is -0.394 e. The molecule has 1 aliphatic rings. The number of hydrogen-bond acceptors (Lipinski definition) is 6. The molecule has 0 spiro atoms. The number of anilines is 1. The number of rotatable bonds is 6. The smallest absolute Gasteiger partial charge is 0.251 e. The lowest BCUT2D eigenvalue weighted by Gasteiger charge is -2.42. The highest BCUT2D eigenvalue weighted by molar-refractivity contribution is 5.92. The van der Waals surface area contributed by atoms with Gasteiger partial charge in [-0.15, -0.1) is 0 Å².